The van der Waals surface area contributed by atoms with Crippen LogP contribution in [0.4, 0.5) is 10.1 Å². The molecule has 18 heavy (non-hydrogen) atoms. The molecule has 0 heterocycles. The molecule has 1 atom stereocenters. The largest absolute Gasteiger partial charge is 0.394 e. The first-order valence-corrected chi connectivity index (χ1v) is 6.89. The van der Waals surface area contributed by atoms with Crippen molar-refractivity contribution in [3.05, 3.63) is 30.1 Å². The molecule has 0 fully saturated rings. The van der Waals surface area contributed by atoms with Crippen LogP contribution in [0.2, 0.25) is 0 Å². The molecule has 3 heteroatoms. The van der Waals surface area contributed by atoms with Gasteiger partial charge in [0.2, 0.25) is 0 Å². The zero-order valence-electron chi connectivity index (χ0n) is 11.2. The lowest BCUT2D eigenvalue weighted by Crippen LogP contribution is -2.23. The summed E-state index contributed by atoms with van der Waals surface area (Å²) in [6.07, 6.45) is 7.10. The molecule has 1 aromatic carbocycles. The summed E-state index contributed by atoms with van der Waals surface area (Å²) in [6.45, 7) is 2.32. The van der Waals surface area contributed by atoms with Gasteiger partial charge >= 0.3 is 0 Å². The molecule has 0 aliphatic carbocycles. The average Bonchev–Trinajstić information content (AvgIpc) is 2.39. The Hall–Kier alpha value is -1.09. The van der Waals surface area contributed by atoms with Gasteiger partial charge in [0.05, 0.1) is 6.61 Å². The second-order valence-electron chi connectivity index (χ2n) is 4.73. The van der Waals surface area contributed by atoms with Gasteiger partial charge in [0.15, 0.2) is 0 Å². The Balaban J connectivity index is 2.26. The van der Waals surface area contributed by atoms with Gasteiger partial charge in [-0.2, -0.15) is 0 Å². The minimum atomic E-state index is -0.235. The van der Waals surface area contributed by atoms with Crippen molar-refractivity contribution in [2.24, 2.45) is 0 Å². The molecule has 0 saturated carbocycles. The molecule has 0 bridgehead atoms. The first kappa shape index (κ1) is 15.0. The molecule has 1 aromatic rings. The number of aliphatic hydroxyl groups excluding tert-OH is 1. The fourth-order valence-electron chi connectivity index (χ4n) is 1.99. The van der Waals surface area contributed by atoms with Crippen LogP contribution in [-0.4, -0.2) is 17.8 Å². The van der Waals surface area contributed by atoms with Crippen molar-refractivity contribution in [2.45, 2.75) is 51.5 Å². The van der Waals surface area contributed by atoms with Crippen molar-refractivity contribution in [3.63, 3.8) is 0 Å². The van der Waals surface area contributed by atoms with Crippen LogP contribution in [0.5, 0.6) is 0 Å². The van der Waals surface area contributed by atoms with Gasteiger partial charge in [-0.25, -0.2) is 4.39 Å². The van der Waals surface area contributed by atoms with E-state index in [0.29, 0.717) is 0 Å². The predicted molar refractivity (Wildman–Crippen MR) is 74.3 cm³/mol. The Kier molecular flexibility index (Phi) is 7.42. The van der Waals surface area contributed by atoms with Crippen molar-refractivity contribution in [1.82, 2.24) is 0 Å². The quantitative estimate of drug-likeness (QED) is 0.653. The van der Waals surface area contributed by atoms with E-state index in [0.717, 1.165) is 18.5 Å². The third-order valence-electron chi connectivity index (χ3n) is 3.09. The number of hydrogen-bond donors (Lipinski definition) is 2. The highest BCUT2D eigenvalue weighted by Crippen LogP contribution is 2.13. The first-order chi connectivity index (χ1) is 8.76. The van der Waals surface area contributed by atoms with Crippen molar-refractivity contribution in [3.8, 4) is 0 Å². The highest BCUT2D eigenvalue weighted by molar-refractivity contribution is 5.43. The van der Waals surface area contributed by atoms with Crippen LogP contribution >= 0.6 is 0 Å². The molecule has 102 valence electrons. The van der Waals surface area contributed by atoms with Gasteiger partial charge in [0.25, 0.3) is 0 Å². The lowest BCUT2D eigenvalue weighted by atomic mass is 10.1. The first-order valence-electron chi connectivity index (χ1n) is 6.89. The molecule has 2 N–H and O–H groups in total. The standard InChI is InChI=1S/C15H24FNO/c1-2-3-4-5-6-7-15(12-18)17-14-10-8-13(16)9-11-14/h8-11,15,17-18H,2-7,12H2,1H3. The molecule has 0 spiro atoms. The van der Waals surface area contributed by atoms with Gasteiger partial charge < -0.3 is 10.4 Å². The minimum absolute atomic E-state index is 0.0667. The molecular weight excluding hydrogens is 229 g/mol. The summed E-state index contributed by atoms with van der Waals surface area (Å²) in [7, 11) is 0. The predicted octanol–water partition coefficient (Wildman–Crippen LogP) is 3.96. The van der Waals surface area contributed by atoms with Gasteiger partial charge in [-0.05, 0) is 30.7 Å². The molecular formula is C15H24FNO. The van der Waals surface area contributed by atoms with Crippen LogP contribution in [0, 0.1) is 5.82 Å². The SMILES string of the molecule is CCCCCCCC(CO)Nc1ccc(F)cc1. The van der Waals surface area contributed by atoms with Crippen LogP contribution in [0.3, 0.4) is 0 Å². The van der Waals surface area contributed by atoms with Crippen molar-refractivity contribution >= 4 is 5.69 Å². The summed E-state index contributed by atoms with van der Waals surface area (Å²) >= 11 is 0. The molecule has 1 rings (SSSR count). The highest BCUT2D eigenvalue weighted by Gasteiger charge is 2.06. The maximum absolute atomic E-state index is 12.7. The summed E-state index contributed by atoms with van der Waals surface area (Å²) in [5, 5.41) is 12.5. The van der Waals surface area contributed by atoms with E-state index in [-0.39, 0.29) is 18.5 Å². The van der Waals surface area contributed by atoms with Crippen LogP contribution in [0.15, 0.2) is 24.3 Å². The topological polar surface area (TPSA) is 32.3 Å². The summed E-state index contributed by atoms with van der Waals surface area (Å²) in [6, 6.07) is 6.33. The van der Waals surface area contributed by atoms with Crippen LogP contribution in [-0.2, 0) is 0 Å². The maximum atomic E-state index is 12.7. The van der Waals surface area contributed by atoms with Gasteiger partial charge in [0, 0.05) is 11.7 Å². The van der Waals surface area contributed by atoms with E-state index >= 15 is 0 Å². The average molecular weight is 253 g/mol. The minimum Gasteiger partial charge on any atom is -0.394 e. The van der Waals surface area contributed by atoms with E-state index < -0.39 is 0 Å². The van der Waals surface area contributed by atoms with E-state index in [4.69, 9.17) is 0 Å². The van der Waals surface area contributed by atoms with Crippen LogP contribution < -0.4 is 5.32 Å². The molecule has 0 aliphatic heterocycles. The number of nitrogens with one attached hydrogen (secondary N) is 1. The Morgan fingerprint density at radius 3 is 2.39 bits per heavy atom. The van der Waals surface area contributed by atoms with Gasteiger partial charge in [-0.15, -0.1) is 0 Å². The summed E-state index contributed by atoms with van der Waals surface area (Å²) in [4.78, 5) is 0. The molecule has 0 aliphatic rings. The number of benzene rings is 1. The Morgan fingerprint density at radius 1 is 1.11 bits per heavy atom. The number of rotatable bonds is 9. The lowest BCUT2D eigenvalue weighted by molar-refractivity contribution is 0.266. The van der Waals surface area contributed by atoms with Crippen molar-refractivity contribution < 1.29 is 9.50 Å². The Bertz CT molecular complexity index is 313. The van der Waals surface area contributed by atoms with Gasteiger partial charge in [0.1, 0.15) is 5.82 Å². The maximum Gasteiger partial charge on any atom is 0.123 e. The van der Waals surface area contributed by atoms with Gasteiger partial charge in [-0.3, -0.25) is 0 Å². The van der Waals surface area contributed by atoms with Crippen molar-refractivity contribution in [2.75, 3.05) is 11.9 Å². The summed E-state index contributed by atoms with van der Waals surface area (Å²) in [5.74, 6) is -0.235. The fraction of sp³-hybridized carbons (Fsp3) is 0.600. The van der Waals surface area contributed by atoms with E-state index in [9.17, 15) is 9.50 Å². The molecule has 2 nitrogen and oxygen atoms in total. The lowest BCUT2D eigenvalue weighted by Gasteiger charge is -2.17. The molecule has 1 unspecified atom stereocenters. The number of aliphatic hydroxyl groups is 1. The zero-order chi connectivity index (χ0) is 13.2. The van der Waals surface area contributed by atoms with E-state index in [2.05, 4.69) is 12.2 Å². The smallest absolute Gasteiger partial charge is 0.123 e. The zero-order valence-corrected chi connectivity index (χ0v) is 11.2. The second-order valence-corrected chi connectivity index (χ2v) is 4.73. The normalized spacial score (nSPS) is 12.4. The van der Waals surface area contributed by atoms with E-state index in [1.807, 2.05) is 0 Å². The fourth-order valence-corrected chi connectivity index (χ4v) is 1.99. The summed E-state index contributed by atoms with van der Waals surface area (Å²) < 4.78 is 12.7. The number of anilines is 1. The number of unbranched alkanes of at least 4 members (excludes halogenated alkanes) is 4. The monoisotopic (exact) mass is 253 g/mol. The number of hydrogen-bond acceptors (Lipinski definition) is 2. The highest BCUT2D eigenvalue weighted by atomic mass is 19.1. The van der Waals surface area contributed by atoms with Gasteiger partial charge in [-0.1, -0.05) is 39.0 Å². The third kappa shape index (κ3) is 6.01. The third-order valence-corrected chi connectivity index (χ3v) is 3.09. The second kappa shape index (κ2) is 8.92. The molecule has 0 amide bonds. The Morgan fingerprint density at radius 2 is 1.78 bits per heavy atom. The van der Waals surface area contributed by atoms with Crippen molar-refractivity contribution in [1.29, 1.82) is 0 Å². The summed E-state index contributed by atoms with van der Waals surface area (Å²) in [5.41, 5.74) is 0.865. The van der Waals surface area contributed by atoms with E-state index in [1.165, 1.54) is 37.8 Å². The van der Waals surface area contributed by atoms with Crippen LogP contribution in [0.1, 0.15) is 45.4 Å². The number of halogens is 1. The Labute approximate surface area is 109 Å². The molecule has 0 saturated heterocycles. The van der Waals surface area contributed by atoms with E-state index in [1.54, 1.807) is 12.1 Å². The molecule has 0 aromatic heterocycles. The molecule has 0 radical (unpaired) electrons. The van der Waals surface area contributed by atoms with Crippen LogP contribution in [0.25, 0.3) is 0 Å².